The largest absolute Gasteiger partial charge is 0.338 e. The molecule has 0 bridgehead atoms. The van der Waals surface area contributed by atoms with Crippen molar-refractivity contribution in [3.05, 3.63) is 34.5 Å². The first-order chi connectivity index (χ1) is 10.1. The van der Waals surface area contributed by atoms with Crippen LogP contribution in [0, 0.1) is 18.7 Å². The zero-order chi connectivity index (χ0) is 15.0. The van der Waals surface area contributed by atoms with Gasteiger partial charge in [0, 0.05) is 17.8 Å². The Labute approximate surface area is 127 Å². The zero-order valence-electron chi connectivity index (χ0n) is 12.1. The number of amides is 1. The third-order valence-corrected chi connectivity index (χ3v) is 5.59. The van der Waals surface area contributed by atoms with Crippen LogP contribution in [0.1, 0.15) is 28.1 Å². The molecule has 0 radical (unpaired) electrons. The number of fused-ring (bicyclic) bond motifs is 1. The van der Waals surface area contributed by atoms with Gasteiger partial charge in [-0.1, -0.05) is 0 Å². The maximum atomic E-state index is 13.4. The molecule has 112 valence electrons. The monoisotopic (exact) mass is 306 g/mol. The van der Waals surface area contributed by atoms with E-state index in [9.17, 15) is 9.18 Å². The summed E-state index contributed by atoms with van der Waals surface area (Å²) in [7, 11) is 0. The van der Waals surface area contributed by atoms with Crippen LogP contribution in [0.25, 0.3) is 10.1 Å². The SMILES string of the molecule is Cc1c(C(=O)N2CCC(CN)CC2)sc2ccc(F)cc12. The molecule has 2 heterocycles. The summed E-state index contributed by atoms with van der Waals surface area (Å²) in [4.78, 5) is 15.3. The molecule has 1 aromatic carbocycles. The Morgan fingerprint density at radius 3 is 2.81 bits per heavy atom. The molecule has 1 aliphatic heterocycles. The van der Waals surface area contributed by atoms with Gasteiger partial charge in [0.15, 0.2) is 0 Å². The van der Waals surface area contributed by atoms with Crippen LogP contribution in [0.4, 0.5) is 4.39 Å². The van der Waals surface area contributed by atoms with Gasteiger partial charge in [-0.25, -0.2) is 4.39 Å². The van der Waals surface area contributed by atoms with Crippen molar-refractivity contribution in [3.63, 3.8) is 0 Å². The molecule has 0 saturated carbocycles. The first-order valence-electron chi connectivity index (χ1n) is 7.28. The summed E-state index contributed by atoms with van der Waals surface area (Å²) >= 11 is 1.46. The van der Waals surface area contributed by atoms with Crippen LogP contribution in [0.3, 0.4) is 0 Å². The highest BCUT2D eigenvalue weighted by atomic mass is 32.1. The van der Waals surface area contributed by atoms with Crippen LogP contribution >= 0.6 is 11.3 Å². The second-order valence-corrected chi connectivity index (χ2v) is 6.72. The first kappa shape index (κ1) is 14.5. The van der Waals surface area contributed by atoms with E-state index in [4.69, 9.17) is 5.73 Å². The molecule has 2 aromatic rings. The minimum absolute atomic E-state index is 0.0737. The minimum atomic E-state index is -0.258. The number of nitrogens with two attached hydrogens (primary N) is 1. The third kappa shape index (κ3) is 2.68. The van der Waals surface area contributed by atoms with Gasteiger partial charge in [0.1, 0.15) is 5.82 Å². The number of hydrogen-bond donors (Lipinski definition) is 1. The number of hydrogen-bond acceptors (Lipinski definition) is 3. The molecule has 1 fully saturated rings. The Bertz CT molecular complexity index is 674. The number of aryl methyl sites for hydroxylation is 1. The summed E-state index contributed by atoms with van der Waals surface area (Å²) in [6, 6.07) is 4.71. The molecule has 1 aromatic heterocycles. The summed E-state index contributed by atoms with van der Waals surface area (Å²) in [5.74, 6) is 0.349. The summed E-state index contributed by atoms with van der Waals surface area (Å²) in [5.41, 5.74) is 6.58. The molecule has 0 unspecified atom stereocenters. The van der Waals surface area contributed by atoms with Crippen LogP contribution in [0.2, 0.25) is 0 Å². The Balaban J connectivity index is 1.87. The fraction of sp³-hybridized carbons (Fsp3) is 0.438. The summed E-state index contributed by atoms with van der Waals surface area (Å²) in [5, 5.41) is 0.847. The topological polar surface area (TPSA) is 46.3 Å². The molecule has 0 aliphatic carbocycles. The van der Waals surface area contributed by atoms with Gasteiger partial charge < -0.3 is 10.6 Å². The summed E-state index contributed by atoms with van der Waals surface area (Å²) in [6.45, 7) is 4.13. The van der Waals surface area contributed by atoms with Gasteiger partial charge in [-0.15, -0.1) is 11.3 Å². The Morgan fingerprint density at radius 1 is 1.43 bits per heavy atom. The van der Waals surface area contributed by atoms with Crippen molar-refractivity contribution in [2.75, 3.05) is 19.6 Å². The standard InChI is InChI=1S/C16H19FN2OS/c1-10-13-8-12(17)2-3-14(13)21-15(10)16(20)19-6-4-11(9-18)5-7-19/h2-3,8,11H,4-7,9,18H2,1H3. The van der Waals surface area contributed by atoms with Crippen LogP contribution in [0.5, 0.6) is 0 Å². The fourth-order valence-corrected chi connectivity index (χ4v) is 4.07. The molecule has 1 amide bonds. The molecule has 5 heteroatoms. The van der Waals surface area contributed by atoms with Crippen LogP contribution in [-0.2, 0) is 0 Å². The van der Waals surface area contributed by atoms with E-state index in [1.807, 2.05) is 11.8 Å². The fourth-order valence-electron chi connectivity index (χ4n) is 2.91. The second kappa shape index (κ2) is 5.73. The smallest absolute Gasteiger partial charge is 0.264 e. The number of rotatable bonds is 2. The zero-order valence-corrected chi connectivity index (χ0v) is 12.9. The predicted octanol–water partition coefficient (Wildman–Crippen LogP) is 3.16. The quantitative estimate of drug-likeness (QED) is 0.926. The molecule has 3 rings (SSSR count). The predicted molar refractivity (Wildman–Crippen MR) is 84.2 cm³/mol. The first-order valence-corrected chi connectivity index (χ1v) is 8.09. The van der Waals surface area contributed by atoms with E-state index < -0.39 is 0 Å². The molecule has 1 saturated heterocycles. The molecular formula is C16H19FN2OS. The summed E-state index contributed by atoms with van der Waals surface area (Å²) in [6.07, 6.45) is 1.95. The van der Waals surface area contributed by atoms with Crippen molar-refractivity contribution in [2.45, 2.75) is 19.8 Å². The molecule has 1 aliphatic rings. The molecule has 3 nitrogen and oxygen atoms in total. The summed E-state index contributed by atoms with van der Waals surface area (Å²) < 4.78 is 14.3. The lowest BCUT2D eigenvalue weighted by molar-refractivity contribution is 0.0698. The van der Waals surface area contributed by atoms with Gasteiger partial charge >= 0.3 is 0 Å². The van der Waals surface area contributed by atoms with Crippen molar-refractivity contribution in [3.8, 4) is 0 Å². The number of nitrogens with zero attached hydrogens (tertiary/aromatic N) is 1. The van der Waals surface area contributed by atoms with Gasteiger partial charge in [-0.05, 0) is 61.4 Å². The highest BCUT2D eigenvalue weighted by Crippen LogP contribution is 2.32. The van der Waals surface area contributed by atoms with E-state index in [0.29, 0.717) is 12.5 Å². The lowest BCUT2D eigenvalue weighted by atomic mass is 9.97. The van der Waals surface area contributed by atoms with E-state index in [1.165, 1.54) is 23.5 Å². The van der Waals surface area contributed by atoms with Crippen molar-refractivity contribution >= 4 is 27.3 Å². The maximum Gasteiger partial charge on any atom is 0.264 e. The number of halogens is 1. The second-order valence-electron chi connectivity index (χ2n) is 5.67. The van der Waals surface area contributed by atoms with Crippen molar-refractivity contribution in [2.24, 2.45) is 11.7 Å². The van der Waals surface area contributed by atoms with Crippen LogP contribution in [-0.4, -0.2) is 30.4 Å². The number of piperidine rings is 1. The highest BCUT2D eigenvalue weighted by Gasteiger charge is 2.25. The number of carbonyl (C=O) groups excluding carboxylic acids is 1. The lowest BCUT2D eigenvalue weighted by Crippen LogP contribution is -2.39. The molecular weight excluding hydrogens is 287 g/mol. The highest BCUT2D eigenvalue weighted by molar-refractivity contribution is 7.21. The van der Waals surface area contributed by atoms with E-state index in [0.717, 1.165) is 46.5 Å². The van der Waals surface area contributed by atoms with Gasteiger partial charge in [-0.2, -0.15) is 0 Å². The van der Waals surface area contributed by atoms with Gasteiger partial charge in [0.2, 0.25) is 0 Å². The molecule has 0 spiro atoms. The van der Waals surface area contributed by atoms with E-state index in [-0.39, 0.29) is 11.7 Å². The Kier molecular flexibility index (Phi) is 3.95. The number of thiophene rings is 1. The van der Waals surface area contributed by atoms with Crippen LogP contribution in [0.15, 0.2) is 18.2 Å². The number of carbonyl (C=O) groups is 1. The average molecular weight is 306 g/mol. The molecule has 21 heavy (non-hydrogen) atoms. The number of likely N-dealkylation sites (tertiary alicyclic amines) is 1. The van der Waals surface area contributed by atoms with Crippen molar-refractivity contribution in [1.82, 2.24) is 4.90 Å². The van der Waals surface area contributed by atoms with Crippen molar-refractivity contribution in [1.29, 1.82) is 0 Å². The minimum Gasteiger partial charge on any atom is -0.338 e. The third-order valence-electron chi connectivity index (χ3n) is 4.33. The van der Waals surface area contributed by atoms with Gasteiger partial charge in [0.25, 0.3) is 5.91 Å². The van der Waals surface area contributed by atoms with E-state index >= 15 is 0 Å². The average Bonchev–Trinajstić information content (AvgIpc) is 2.83. The van der Waals surface area contributed by atoms with Crippen LogP contribution < -0.4 is 5.73 Å². The van der Waals surface area contributed by atoms with Gasteiger partial charge in [-0.3, -0.25) is 4.79 Å². The maximum absolute atomic E-state index is 13.4. The normalized spacial score (nSPS) is 16.6. The molecule has 0 atom stereocenters. The van der Waals surface area contributed by atoms with E-state index in [1.54, 1.807) is 6.07 Å². The van der Waals surface area contributed by atoms with Gasteiger partial charge in [0.05, 0.1) is 4.88 Å². The van der Waals surface area contributed by atoms with E-state index in [2.05, 4.69) is 0 Å². The molecule has 2 N–H and O–H groups in total. The Hall–Kier alpha value is -1.46. The lowest BCUT2D eigenvalue weighted by Gasteiger charge is -2.31. The Morgan fingerprint density at radius 2 is 2.14 bits per heavy atom. The van der Waals surface area contributed by atoms with Crippen molar-refractivity contribution < 1.29 is 9.18 Å². The number of benzene rings is 1.